The molecule has 0 unspecified atom stereocenters. The van der Waals surface area contributed by atoms with Crippen LogP contribution in [0.5, 0.6) is 0 Å². The first-order chi connectivity index (χ1) is 12.5. The smallest absolute Gasteiger partial charge is 0.267 e. The Bertz CT molecular complexity index is 928. The molecule has 0 saturated carbocycles. The summed E-state index contributed by atoms with van der Waals surface area (Å²) in [4.78, 5) is 24.3. The molecule has 1 atom stereocenters. The van der Waals surface area contributed by atoms with Crippen molar-refractivity contribution in [1.29, 1.82) is 0 Å². The standard InChI is InChI=1S/C18H20N2O6S/c1-18(2,27(3,25)26)15(17(23)20-24)19-16(22)14-10-8-13(9-11-14)7-5-4-6-12-21/h8-11,15,21,24H,12H2,1-3H3,(H,19,22)(H,20,23)/t15-/m1/s1. The van der Waals surface area contributed by atoms with Crippen LogP contribution in [0.4, 0.5) is 0 Å². The highest BCUT2D eigenvalue weighted by Crippen LogP contribution is 2.21. The molecule has 1 aromatic rings. The lowest BCUT2D eigenvalue weighted by Crippen LogP contribution is -2.60. The lowest BCUT2D eigenvalue weighted by atomic mass is 10.0. The second-order valence-corrected chi connectivity index (χ2v) is 8.64. The van der Waals surface area contributed by atoms with Crippen LogP contribution < -0.4 is 10.8 Å². The van der Waals surface area contributed by atoms with E-state index >= 15 is 0 Å². The summed E-state index contributed by atoms with van der Waals surface area (Å²) in [5.74, 6) is 8.30. The van der Waals surface area contributed by atoms with Gasteiger partial charge in [0.15, 0.2) is 9.84 Å². The maximum absolute atomic E-state index is 12.4. The van der Waals surface area contributed by atoms with Crippen molar-refractivity contribution in [2.75, 3.05) is 12.9 Å². The van der Waals surface area contributed by atoms with E-state index in [1.165, 1.54) is 31.5 Å². The van der Waals surface area contributed by atoms with Crippen molar-refractivity contribution in [3.8, 4) is 23.7 Å². The number of hydroxylamine groups is 1. The quantitative estimate of drug-likeness (QED) is 0.302. The Kier molecular flexibility index (Phi) is 7.56. The monoisotopic (exact) mass is 392 g/mol. The highest BCUT2D eigenvalue weighted by molar-refractivity contribution is 7.92. The van der Waals surface area contributed by atoms with Gasteiger partial charge in [-0.1, -0.05) is 11.8 Å². The van der Waals surface area contributed by atoms with Gasteiger partial charge in [-0.3, -0.25) is 14.8 Å². The van der Waals surface area contributed by atoms with Crippen LogP contribution in [0.2, 0.25) is 0 Å². The largest absolute Gasteiger partial charge is 0.384 e. The first-order valence-electron chi connectivity index (χ1n) is 7.68. The van der Waals surface area contributed by atoms with E-state index in [1.807, 2.05) is 0 Å². The Balaban J connectivity index is 3.06. The number of carbonyl (C=O) groups is 2. The highest BCUT2D eigenvalue weighted by atomic mass is 32.2. The van der Waals surface area contributed by atoms with Crippen molar-refractivity contribution in [3.05, 3.63) is 35.4 Å². The molecule has 144 valence electrons. The van der Waals surface area contributed by atoms with Crippen LogP contribution >= 0.6 is 0 Å². The Morgan fingerprint density at radius 3 is 2.26 bits per heavy atom. The van der Waals surface area contributed by atoms with Crippen LogP contribution in [0.15, 0.2) is 24.3 Å². The Morgan fingerprint density at radius 1 is 1.19 bits per heavy atom. The van der Waals surface area contributed by atoms with E-state index < -0.39 is 32.4 Å². The molecule has 0 bridgehead atoms. The molecule has 4 N–H and O–H groups in total. The normalized spacial score (nSPS) is 11.9. The third kappa shape index (κ3) is 5.83. The van der Waals surface area contributed by atoms with Crippen molar-refractivity contribution in [3.63, 3.8) is 0 Å². The highest BCUT2D eigenvalue weighted by Gasteiger charge is 2.44. The van der Waals surface area contributed by atoms with Gasteiger partial charge < -0.3 is 10.4 Å². The molecule has 9 heteroatoms. The lowest BCUT2D eigenvalue weighted by Gasteiger charge is -2.31. The first-order valence-corrected chi connectivity index (χ1v) is 9.58. The van der Waals surface area contributed by atoms with Crippen molar-refractivity contribution in [2.45, 2.75) is 24.6 Å². The zero-order valence-corrected chi connectivity index (χ0v) is 15.8. The molecule has 0 aliphatic rings. The third-order valence-electron chi connectivity index (χ3n) is 3.88. The minimum absolute atomic E-state index is 0.169. The van der Waals surface area contributed by atoms with Crippen LogP contribution in [-0.2, 0) is 14.6 Å². The number of nitrogens with one attached hydrogen (secondary N) is 2. The molecule has 0 aromatic heterocycles. The second-order valence-electron chi connectivity index (χ2n) is 6.05. The number of carbonyl (C=O) groups excluding carboxylic acids is 2. The molecule has 0 spiro atoms. The van der Waals surface area contributed by atoms with Gasteiger partial charge in [0.05, 0.1) is 4.75 Å². The van der Waals surface area contributed by atoms with E-state index in [0.717, 1.165) is 6.26 Å². The number of aliphatic hydroxyl groups excluding tert-OH is 1. The molecule has 8 nitrogen and oxygen atoms in total. The number of hydrogen-bond acceptors (Lipinski definition) is 6. The fourth-order valence-electron chi connectivity index (χ4n) is 1.94. The summed E-state index contributed by atoms with van der Waals surface area (Å²) in [6, 6.07) is 4.47. The number of aliphatic hydroxyl groups is 1. The van der Waals surface area contributed by atoms with Crippen molar-refractivity contribution >= 4 is 21.7 Å². The zero-order chi connectivity index (χ0) is 20.7. The van der Waals surface area contributed by atoms with Gasteiger partial charge in [-0.25, -0.2) is 13.9 Å². The van der Waals surface area contributed by atoms with E-state index in [1.54, 1.807) is 12.1 Å². The van der Waals surface area contributed by atoms with Gasteiger partial charge in [-0.05, 0) is 50.0 Å². The van der Waals surface area contributed by atoms with Gasteiger partial charge in [-0.15, -0.1) is 0 Å². The summed E-state index contributed by atoms with van der Waals surface area (Å²) in [7, 11) is -3.74. The average molecular weight is 392 g/mol. The number of rotatable bonds is 5. The van der Waals surface area contributed by atoms with Crippen LogP contribution in [-0.4, -0.2) is 54.2 Å². The van der Waals surface area contributed by atoms with E-state index in [0.29, 0.717) is 5.56 Å². The molecule has 0 radical (unpaired) electrons. The van der Waals surface area contributed by atoms with E-state index in [-0.39, 0.29) is 12.2 Å². The summed E-state index contributed by atoms with van der Waals surface area (Å²) in [6.45, 7) is 2.25. The Morgan fingerprint density at radius 2 is 1.78 bits per heavy atom. The van der Waals surface area contributed by atoms with E-state index in [2.05, 4.69) is 29.0 Å². The van der Waals surface area contributed by atoms with Gasteiger partial charge in [0.2, 0.25) is 0 Å². The predicted molar refractivity (Wildman–Crippen MR) is 98.3 cm³/mol. The fourth-order valence-corrected chi connectivity index (χ4v) is 2.53. The van der Waals surface area contributed by atoms with Gasteiger partial charge in [0, 0.05) is 17.4 Å². The number of benzene rings is 1. The molecule has 0 fully saturated rings. The molecule has 0 heterocycles. The molecular formula is C18H20N2O6S. The summed E-state index contributed by atoms with van der Waals surface area (Å²) >= 11 is 0. The van der Waals surface area contributed by atoms with E-state index in [4.69, 9.17) is 10.3 Å². The van der Waals surface area contributed by atoms with Crippen molar-refractivity contribution in [1.82, 2.24) is 10.8 Å². The van der Waals surface area contributed by atoms with Crippen LogP contribution in [0.25, 0.3) is 0 Å². The summed E-state index contributed by atoms with van der Waals surface area (Å²) in [6.07, 6.45) is 0.934. The summed E-state index contributed by atoms with van der Waals surface area (Å²) in [5.41, 5.74) is 2.11. The van der Waals surface area contributed by atoms with Gasteiger partial charge in [-0.2, -0.15) is 0 Å². The maximum Gasteiger partial charge on any atom is 0.267 e. The van der Waals surface area contributed by atoms with Gasteiger partial charge >= 0.3 is 0 Å². The summed E-state index contributed by atoms with van der Waals surface area (Å²) < 4.78 is 22.3. The number of sulfone groups is 1. The molecule has 0 aliphatic carbocycles. The van der Waals surface area contributed by atoms with Gasteiger partial charge in [0.25, 0.3) is 11.8 Å². The van der Waals surface area contributed by atoms with Crippen molar-refractivity contribution in [2.24, 2.45) is 0 Å². The number of hydrogen-bond donors (Lipinski definition) is 4. The minimum Gasteiger partial charge on any atom is -0.384 e. The molecule has 27 heavy (non-hydrogen) atoms. The molecule has 1 aromatic carbocycles. The van der Waals surface area contributed by atoms with E-state index in [9.17, 15) is 18.0 Å². The van der Waals surface area contributed by atoms with Gasteiger partial charge in [0.1, 0.15) is 12.6 Å². The number of amides is 2. The molecular weight excluding hydrogens is 372 g/mol. The Hall–Kier alpha value is -2.85. The SMILES string of the molecule is CC(C)([C@H](NC(=O)c1ccc(C#CC#CCO)cc1)C(=O)NO)S(C)(=O)=O. The molecule has 2 amide bonds. The molecule has 0 saturated heterocycles. The maximum atomic E-state index is 12.4. The zero-order valence-electron chi connectivity index (χ0n) is 15.0. The third-order valence-corrected chi connectivity index (χ3v) is 6.03. The first kappa shape index (κ1) is 22.2. The topological polar surface area (TPSA) is 133 Å². The average Bonchev–Trinajstić information content (AvgIpc) is 2.61. The minimum atomic E-state index is -3.74. The predicted octanol–water partition coefficient (Wildman–Crippen LogP) is -0.539. The second kappa shape index (κ2) is 9.19. The molecule has 1 rings (SSSR count). The van der Waals surface area contributed by atoms with Crippen LogP contribution in [0, 0.1) is 23.7 Å². The summed E-state index contributed by atoms with van der Waals surface area (Å²) in [5, 5.41) is 19.8. The lowest BCUT2D eigenvalue weighted by molar-refractivity contribution is -0.131. The van der Waals surface area contributed by atoms with Crippen LogP contribution in [0.3, 0.4) is 0 Å². The van der Waals surface area contributed by atoms with Crippen molar-refractivity contribution < 1.29 is 28.3 Å². The Labute approximate surface area is 157 Å². The van der Waals surface area contributed by atoms with Crippen LogP contribution in [0.1, 0.15) is 29.8 Å². The molecule has 0 aliphatic heterocycles. The fraction of sp³-hybridized carbons (Fsp3) is 0.333.